The number of rotatable bonds is 14. The molecular formula is C36H62O8. The maximum Gasteiger partial charge on any atom is 0.306 e. The van der Waals surface area contributed by atoms with Crippen LogP contribution in [0.1, 0.15) is 152 Å². The topological polar surface area (TPSA) is 108 Å². The molecule has 1 N–H and O–H groups in total. The van der Waals surface area contributed by atoms with Gasteiger partial charge < -0.3 is 24.1 Å². The fourth-order valence-electron chi connectivity index (χ4n) is 8.69. The van der Waals surface area contributed by atoms with E-state index in [1.807, 2.05) is 13.8 Å². The lowest BCUT2D eigenvalue weighted by molar-refractivity contribution is -0.185. The molecule has 2 saturated heterocycles. The van der Waals surface area contributed by atoms with Crippen molar-refractivity contribution in [2.75, 3.05) is 0 Å². The highest BCUT2D eigenvalue weighted by molar-refractivity contribution is 5.69. The third-order valence-corrected chi connectivity index (χ3v) is 10.8. The van der Waals surface area contributed by atoms with E-state index in [1.54, 1.807) is 6.92 Å². The average molecular weight is 623 g/mol. The molecule has 44 heavy (non-hydrogen) atoms. The third kappa shape index (κ3) is 9.20. The van der Waals surface area contributed by atoms with Crippen LogP contribution in [0.4, 0.5) is 0 Å². The number of hydrogen-bond acceptors (Lipinski definition) is 8. The van der Waals surface area contributed by atoms with Gasteiger partial charge in [0.25, 0.3) is 0 Å². The Morgan fingerprint density at radius 2 is 1.39 bits per heavy atom. The van der Waals surface area contributed by atoms with E-state index in [-0.39, 0.29) is 36.1 Å². The van der Waals surface area contributed by atoms with E-state index in [0.717, 1.165) is 25.7 Å². The highest BCUT2D eigenvalue weighted by Crippen LogP contribution is 2.58. The minimum absolute atomic E-state index is 0.0380. The zero-order chi connectivity index (χ0) is 32.7. The molecule has 0 spiro atoms. The average Bonchev–Trinajstić information content (AvgIpc) is 3.30. The van der Waals surface area contributed by atoms with E-state index in [1.165, 1.54) is 52.4 Å². The van der Waals surface area contributed by atoms with Gasteiger partial charge in [0, 0.05) is 38.5 Å². The van der Waals surface area contributed by atoms with Gasteiger partial charge in [-0.05, 0) is 64.7 Å². The van der Waals surface area contributed by atoms with E-state index >= 15 is 0 Å². The largest absolute Gasteiger partial charge is 0.459 e. The van der Waals surface area contributed by atoms with Crippen molar-refractivity contribution in [1.82, 2.24) is 0 Å². The van der Waals surface area contributed by atoms with E-state index in [0.29, 0.717) is 31.6 Å². The summed E-state index contributed by atoms with van der Waals surface area (Å²) in [5, 5.41) is 12.0. The Kier molecular flexibility index (Phi) is 13.2. The molecule has 1 saturated carbocycles. The molecule has 0 aromatic rings. The summed E-state index contributed by atoms with van der Waals surface area (Å²) in [7, 11) is 0. The molecule has 3 fully saturated rings. The molecule has 2 heterocycles. The SMILES string of the molecule is CCCCCCCCCCCC(=O)O[C@@H]1CC[C@](C)(OC(C)=O)[C@H]2O[C@@H](C[C@@]1(C)O)[C@H]1[C@@H]2[C@H](C(C)C)CC[C@]1(C)OC(C)=O. The van der Waals surface area contributed by atoms with Crippen molar-refractivity contribution in [3.8, 4) is 0 Å². The molecule has 0 amide bonds. The Morgan fingerprint density at radius 1 is 0.841 bits per heavy atom. The van der Waals surface area contributed by atoms with Gasteiger partial charge in [0.05, 0.1) is 6.10 Å². The number of hydrogen-bond donors (Lipinski definition) is 1. The predicted octanol–water partition coefficient (Wildman–Crippen LogP) is 7.46. The fourth-order valence-corrected chi connectivity index (χ4v) is 8.69. The highest BCUT2D eigenvalue weighted by atomic mass is 16.6. The first-order chi connectivity index (χ1) is 20.6. The van der Waals surface area contributed by atoms with Crippen molar-refractivity contribution in [3.05, 3.63) is 0 Å². The molecule has 2 bridgehead atoms. The summed E-state index contributed by atoms with van der Waals surface area (Å²) in [5.74, 6) is -0.698. The summed E-state index contributed by atoms with van der Waals surface area (Å²) >= 11 is 0. The smallest absolute Gasteiger partial charge is 0.306 e. The first kappa shape index (κ1) is 36.8. The molecule has 0 aromatic carbocycles. The molecular weight excluding hydrogens is 560 g/mol. The standard InChI is InChI=1S/C36H62O8/c1-9-10-11-12-13-14-15-16-17-18-30(39)42-29-20-22-36(8,44-26(5)38)33-31-27(24(2)3)19-21-35(7,43-25(4)37)32(31)28(41-33)23-34(29,6)40/h24,27-29,31-33,40H,9-23H2,1-8H3/t27-,28-,29+,31-,32-,33-,34+,35-,36-/m0/s1. The van der Waals surface area contributed by atoms with E-state index in [2.05, 4.69) is 20.8 Å². The van der Waals surface area contributed by atoms with Crippen LogP contribution in [0.3, 0.4) is 0 Å². The number of ether oxygens (including phenoxy) is 4. The first-order valence-electron chi connectivity index (χ1n) is 17.6. The van der Waals surface area contributed by atoms with Crippen LogP contribution in [-0.2, 0) is 33.3 Å². The maximum atomic E-state index is 13.1. The summed E-state index contributed by atoms with van der Waals surface area (Å²) in [6.07, 6.45) is 11.5. The van der Waals surface area contributed by atoms with Gasteiger partial charge >= 0.3 is 17.9 Å². The van der Waals surface area contributed by atoms with Crippen LogP contribution in [0.25, 0.3) is 0 Å². The quantitative estimate of drug-likeness (QED) is 0.121. The van der Waals surface area contributed by atoms with Crippen LogP contribution in [-0.4, -0.2) is 58.1 Å². The Hall–Kier alpha value is -1.67. The summed E-state index contributed by atoms with van der Waals surface area (Å²) in [6.45, 7) is 15.1. The van der Waals surface area contributed by atoms with Gasteiger partial charge in [0.2, 0.25) is 0 Å². The van der Waals surface area contributed by atoms with Gasteiger partial charge in [-0.3, -0.25) is 14.4 Å². The van der Waals surface area contributed by atoms with Crippen molar-refractivity contribution in [1.29, 1.82) is 0 Å². The molecule has 3 aliphatic rings. The Morgan fingerprint density at radius 3 is 1.95 bits per heavy atom. The van der Waals surface area contributed by atoms with Crippen molar-refractivity contribution in [3.63, 3.8) is 0 Å². The Bertz CT molecular complexity index is 962. The zero-order valence-corrected chi connectivity index (χ0v) is 29.0. The molecule has 0 radical (unpaired) electrons. The van der Waals surface area contributed by atoms with Gasteiger partial charge in [-0.25, -0.2) is 0 Å². The predicted molar refractivity (Wildman–Crippen MR) is 170 cm³/mol. The summed E-state index contributed by atoms with van der Waals surface area (Å²) in [5.41, 5.74) is -3.19. The van der Waals surface area contributed by atoms with E-state index in [4.69, 9.17) is 18.9 Å². The monoisotopic (exact) mass is 622 g/mol. The van der Waals surface area contributed by atoms with Crippen molar-refractivity contribution in [2.24, 2.45) is 23.7 Å². The highest BCUT2D eigenvalue weighted by Gasteiger charge is 2.65. The molecule has 0 aromatic heterocycles. The van der Waals surface area contributed by atoms with Crippen LogP contribution in [0.2, 0.25) is 0 Å². The lowest BCUT2D eigenvalue weighted by atomic mass is 9.57. The van der Waals surface area contributed by atoms with Crippen LogP contribution < -0.4 is 0 Å². The van der Waals surface area contributed by atoms with Crippen LogP contribution in [0.15, 0.2) is 0 Å². The van der Waals surface area contributed by atoms with Crippen LogP contribution in [0, 0.1) is 23.7 Å². The fraction of sp³-hybridized carbons (Fsp3) is 0.917. The van der Waals surface area contributed by atoms with Gasteiger partial charge in [0.1, 0.15) is 29.0 Å². The summed E-state index contributed by atoms with van der Waals surface area (Å²) in [4.78, 5) is 37.9. The molecule has 2 aliphatic heterocycles. The van der Waals surface area contributed by atoms with Crippen molar-refractivity contribution in [2.45, 2.75) is 187 Å². The minimum Gasteiger partial charge on any atom is -0.459 e. The Labute approximate surface area is 266 Å². The van der Waals surface area contributed by atoms with Gasteiger partial charge in [-0.1, -0.05) is 72.1 Å². The second-order valence-electron chi connectivity index (χ2n) is 15.1. The van der Waals surface area contributed by atoms with Crippen LogP contribution in [0.5, 0.6) is 0 Å². The summed E-state index contributed by atoms with van der Waals surface area (Å²) < 4.78 is 25.0. The normalized spacial score (nSPS) is 37.0. The molecule has 1 aliphatic carbocycles. The third-order valence-electron chi connectivity index (χ3n) is 10.8. The van der Waals surface area contributed by atoms with Crippen LogP contribution >= 0.6 is 0 Å². The van der Waals surface area contributed by atoms with Gasteiger partial charge in [0.15, 0.2) is 0 Å². The molecule has 3 rings (SSSR count). The summed E-state index contributed by atoms with van der Waals surface area (Å²) in [6, 6.07) is 0. The Balaban J connectivity index is 1.80. The number of unbranched alkanes of at least 4 members (excludes halogenated alkanes) is 8. The van der Waals surface area contributed by atoms with E-state index < -0.39 is 41.1 Å². The number of fused-ring (bicyclic) bond motifs is 5. The van der Waals surface area contributed by atoms with E-state index in [9.17, 15) is 19.5 Å². The lowest BCUT2D eigenvalue weighted by Gasteiger charge is -2.51. The first-order valence-corrected chi connectivity index (χ1v) is 17.6. The zero-order valence-electron chi connectivity index (χ0n) is 29.0. The van der Waals surface area contributed by atoms with Gasteiger partial charge in [-0.2, -0.15) is 0 Å². The van der Waals surface area contributed by atoms with Gasteiger partial charge in [-0.15, -0.1) is 0 Å². The molecule has 254 valence electrons. The van der Waals surface area contributed by atoms with Crippen molar-refractivity contribution >= 4 is 17.9 Å². The number of esters is 3. The molecule has 0 unspecified atom stereocenters. The lowest BCUT2D eigenvalue weighted by Crippen LogP contribution is -2.58. The molecule has 8 heteroatoms. The number of aliphatic hydroxyl groups is 1. The molecule has 9 atom stereocenters. The second-order valence-corrected chi connectivity index (χ2v) is 15.1. The second kappa shape index (κ2) is 15.8. The minimum atomic E-state index is -1.39. The van der Waals surface area contributed by atoms with Crippen molar-refractivity contribution < 1.29 is 38.4 Å². The number of carbonyl (C=O) groups is 3. The number of carbonyl (C=O) groups excluding carboxylic acids is 3. The maximum absolute atomic E-state index is 13.1. The molecule has 8 nitrogen and oxygen atoms in total.